The second kappa shape index (κ2) is 7.50. The molecule has 5 rings (SSSR count). The quantitative estimate of drug-likeness (QED) is 0.553. The van der Waals surface area contributed by atoms with Gasteiger partial charge in [0.1, 0.15) is 11.5 Å². The number of para-hydroxylation sites is 1. The van der Waals surface area contributed by atoms with E-state index in [1.165, 1.54) is 0 Å². The van der Waals surface area contributed by atoms with E-state index >= 15 is 0 Å². The van der Waals surface area contributed by atoms with E-state index in [1.54, 1.807) is 36.4 Å². The topological polar surface area (TPSA) is 51.1 Å². The van der Waals surface area contributed by atoms with E-state index in [-0.39, 0.29) is 11.8 Å². The summed E-state index contributed by atoms with van der Waals surface area (Å²) >= 11 is 5.98. The second-order valence-corrected chi connectivity index (χ2v) is 7.69. The third kappa shape index (κ3) is 3.21. The number of hydrogen-bond acceptors (Lipinski definition) is 5. The summed E-state index contributed by atoms with van der Waals surface area (Å²) in [6, 6.07) is 22.4. The Hall–Kier alpha value is -3.31. The molecule has 2 atom stereocenters. The maximum absolute atomic E-state index is 13.3. The fraction of sp³-hybridized carbons (Fsp3) is 0.167. The molecule has 0 N–H and O–H groups in total. The van der Waals surface area contributed by atoms with Gasteiger partial charge in [0, 0.05) is 22.6 Å². The predicted molar refractivity (Wildman–Crippen MR) is 115 cm³/mol. The van der Waals surface area contributed by atoms with Gasteiger partial charge in [-0.25, -0.2) is 5.01 Å². The van der Waals surface area contributed by atoms with Gasteiger partial charge in [-0.2, -0.15) is 5.10 Å². The average Bonchev–Trinajstić information content (AvgIpc) is 3.24. The van der Waals surface area contributed by atoms with Gasteiger partial charge >= 0.3 is 0 Å². The summed E-state index contributed by atoms with van der Waals surface area (Å²) in [6.45, 7) is 0. The highest BCUT2D eigenvalue weighted by Crippen LogP contribution is 2.43. The first-order valence-electron chi connectivity index (χ1n) is 9.69. The Morgan fingerprint density at radius 3 is 2.53 bits per heavy atom. The predicted octanol–water partition coefficient (Wildman–Crippen LogP) is 5.10. The van der Waals surface area contributed by atoms with Crippen molar-refractivity contribution < 1.29 is 14.3 Å². The average molecular weight is 419 g/mol. The Kier molecular flexibility index (Phi) is 4.68. The molecule has 0 bridgehead atoms. The maximum atomic E-state index is 13.3. The first-order chi connectivity index (χ1) is 14.6. The Bertz CT molecular complexity index is 1130. The van der Waals surface area contributed by atoms with Crippen molar-refractivity contribution in [3.05, 3.63) is 94.5 Å². The van der Waals surface area contributed by atoms with Crippen molar-refractivity contribution in [1.29, 1.82) is 0 Å². The monoisotopic (exact) mass is 418 g/mol. The lowest BCUT2D eigenvalue weighted by molar-refractivity contribution is -0.00455. The van der Waals surface area contributed by atoms with Crippen molar-refractivity contribution >= 4 is 23.1 Å². The molecule has 5 nitrogen and oxygen atoms in total. The molecule has 30 heavy (non-hydrogen) atoms. The minimum absolute atomic E-state index is 0.0618. The molecule has 0 aliphatic carbocycles. The second-order valence-electron chi connectivity index (χ2n) is 7.25. The minimum Gasteiger partial charge on any atom is -0.497 e. The molecule has 0 saturated carbocycles. The van der Waals surface area contributed by atoms with Crippen LogP contribution < -0.4 is 9.47 Å². The molecule has 0 fully saturated rings. The number of rotatable bonds is 4. The summed E-state index contributed by atoms with van der Waals surface area (Å²) in [5.74, 6) is 1.36. The first kappa shape index (κ1) is 18.7. The van der Waals surface area contributed by atoms with Crippen LogP contribution in [0.15, 0.2) is 77.9 Å². The Morgan fingerprint density at radius 2 is 1.80 bits per heavy atom. The van der Waals surface area contributed by atoms with E-state index in [0.717, 1.165) is 28.3 Å². The van der Waals surface area contributed by atoms with Gasteiger partial charge < -0.3 is 9.47 Å². The molecule has 0 amide bonds. The smallest absolute Gasteiger partial charge is 0.251 e. The number of hydrogen-bond donors (Lipinski definition) is 0. The molecule has 0 radical (unpaired) electrons. The van der Waals surface area contributed by atoms with Crippen molar-refractivity contribution in [3.63, 3.8) is 0 Å². The minimum atomic E-state index is -0.832. The summed E-state index contributed by atoms with van der Waals surface area (Å²) in [6.07, 6.45) is -0.140. The lowest BCUT2D eigenvalue weighted by atomic mass is 9.96. The first-order valence-corrected chi connectivity index (χ1v) is 10.1. The molecule has 2 heterocycles. The van der Waals surface area contributed by atoms with Gasteiger partial charge in [-0.15, -0.1) is 0 Å². The van der Waals surface area contributed by atoms with Crippen LogP contribution in [0.5, 0.6) is 11.5 Å². The molecule has 0 unspecified atom stereocenters. The van der Waals surface area contributed by atoms with Crippen LogP contribution in [0.3, 0.4) is 0 Å². The van der Waals surface area contributed by atoms with Crippen LogP contribution >= 0.6 is 11.6 Å². The summed E-state index contributed by atoms with van der Waals surface area (Å²) in [5.41, 5.74) is 3.48. The third-order valence-electron chi connectivity index (χ3n) is 5.48. The van der Waals surface area contributed by atoms with Crippen LogP contribution in [0.1, 0.15) is 33.9 Å². The number of carbonyl (C=O) groups excluding carboxylic acids is 1. The van der Waals surface area contributed by atoms with Crippen molar-refractivity contribution in [1.82, 2.24) is 5.01 Å². The van der Waals surface area contributed by atoms with Crippen molar-refractivity contribution in [3.8, 4) is 11.5 Å². The molecular weight excluding hydrogens is 400 g/mol. The number of methoxy groups -OCH3 is 1. The molecule has 0 aromatic heterocycles. The number of hydrazone groups is 1. The number of Topliss-reactive ketones (excluding diaryl/α,β-unsaturated/α-hetero) is 1. The summed E-state index contributed by atoms with van der Waals surface area (Å²) < 4.78 is 11.4. The van der Waals surface area contributed by atoms with E-state index in [2.05, 4.69) is 0 Å². The number of nitrogens with zero attached hydrogens (tertiary/aromatic N) is 2. The number of benzene rings is 3. The number of carbonyl (C=O) groups is 1. The lowest BCUT2D eigenvalue weighted by Crippen LogP contribution is -2.45. The number of ketones is 1. The summed E-state index contributed by atoms with van der Waals surface area (Å²) in [4.78, 5) is 13.3. The van der Waals surface area contributed by atoms with Gasteiger partial charge in [0.15, 0.2) is 0 Å². The highest BCUT2D eigenvalue weighted by molar-refractivity contribution is 6.30. The molecule has 150 valence electrons. The highest BCUT2D eigenvalue weighted by atomic mass is 35.5. The molecule has 0 spiro atoms. The van der Waals surface area contributed by atoms with Crippen LogP contribution in [0.4, 0.5) is 0 Å². The zero-order valence-electron chi connectivity index (χ0n) is 16.3. The molecular formula is C24H19ClN2O3. The number of halogens is 1. The van der Waals surface area contributed by atoms with Gasteiger partial charge in [0.2, 0.25) is 5.78 Å². The van der Waals surface area contributed by atoms with E-state index < -0.39 is 6.23 Å². The zero-order chi connectivity index (χ0) is 20.7. The SMILES string of the molecule is COc1ccc(C2=NN3[C@@H](C(=O)c4ccc(Cl)cc4)Oc4ccccc4[C@@H]3C2)cc1. The Balaban J connectivity index is 1.53. The van der Waals surface area contributed by atoms with Crippen molar-refractivity contribution in [2.45, 2.75) is 18.7 Å². The Morgan fingerprint density at radius 1 is 1.07 bits per heavy atom. The lowest BCUT2D eigenvalue weighted by Gasteiger charge is -2.37. The summed E-state index contributed by atoms with van der Waals surface area (Å²) in [7, 11) is 1.64. The van der Waals surface area contributed by atoms with Gasteiger partial charge in [-0.1, -0.05) is 29.8 Å². The molecule has 6 heteroatoms. The normalized spacial score (nSPS) is 19.4. The van der Waals surface area contributed by atoms with Gasteiger partial charge in [-0.05, 0) is 60.2 Å². The molecule has 3 aromatic carbocycles. The van der Waals surface area contributed by atoms with Gasteiger partial charge in [0.25, 0.3) is 6.23 Å². The molecule has 3 aromatic rings. The van der Waals surface area contributed by atoms with Crippen molar-refractivity contribution in [2.75, 3.05) is 7.11 Å². The highest BCUT2D eigenvalue weighted by Gasteiger charge is 2.43. The zero-order valence-corrected chi connectivity index (χ0v) is 17.0. The van der Waals surface area contributed by atoms with Crippen LogP contribution in [0.2, 0.25) is 5.02 Å². The molecule has 0 saturated heterocycles. The Labute approximate surface area is 179 Å². The fourth-order valence-electron chi connectivity index (χ4n) is 3.92. The van der Waals surface area contributed by atoms with Gasteiger partial charge in [-0.3, -0.25) is 4.79 Å². The third-order valence-corrected chi connectivity index (χ3v) is 5.73. The van der Waals surface area contributed by atoms with E-state index in [0.29, 0.717) is 17.0 Å². The van der Waals surface area contributed by atoms with Crippen molar-refractivity contribution in [2.24, 2.45) is 5.10 Å². The van der Waals surface area contributed by atoms with Crippen LogP contribution in [0.25, 0.3) is 0 Å². The van der Waals surface area contributed by atoms with Crippen LogP contribution in [-0.4, -0.2) is 29.8 Å². The molecule has 2 aliphatic heterocycles. The number of ether oxygens (including phenoxy) is 2. The van der Waals surface area contributed by atoms with Crippen LogP contribution in [0, 0.1) is 0 Å². The van der Waals surface area contributed by atoms with E-state index in [4.69, 9.17) is 26.2 Å². The largest absolute Gasteiger partial charge is 0.497 e. The van der Waals surface area contributed by atoms with E-state index in [9.17, 15) is 4.79 Å². The summed E-state index contributed by atoms with van der Waals surface area (Å²) in [5, 5.41) is 7.19. The standard InChI is InChI=1S/C24H19ClN2O3/c1-29-18-12-8-15(9-13-18)20-14-21-19-4-2-3-5-22(19)30-24(27(21)26-20)23(28)16-6-10-17(25)11-7-16/h2-13,21,24H,14H2,1H3/t21-,24+/m0/s1. The molecule has 2 aliphatic rings. The maximum Gasteiger partial charge on any atom is 0.251 e. The van der Waals surface area contributed by atoms with Crippen LogP contribution in [-0.2, 0) is 0 Å². The van der Waals surface area contributed by atoms with Gasteiger partial charge in [0.05, 0.1) is 18.9 Å². The fourth-order valence-corrected chi connectivity index (χ4v) is 4.05. The number of fused-ring (bicyclic) bond motifs is 3. The van der Waals surface area contributed by atoms with E-state index in [1.807, 2.05) is 48.5 Å².